The Bertz CT molecular complexity index is 1040. The molecule has 0 atom stereocenters. The topological polar surface area (TPSA) is 99.5 Å². The number of sulfonamides is 1. The molecule has 1 heterocycles. The summed E-state index contributed by atoms with van der Waals surface area (Å²) in [5.41, 5.74) is 0.726. The highest BCUT2D eigenvalue weighted by atomic mass is 32.2. The van der Waals surface area contributed by atoms with Gasteiger partial charge in [0, 0.05) is 36.1 Å². The fraction of sp³-hybridized carbons (Fsp3) is 0.364. The van der Waals surface area contributed by atoms with E-state index < -0.39 is 10.0 Å². The first-order valence-corrected chi connectivity index (χ1v) is 12.4. The molecule has 0 spiro atoms. The molecule has 2 aromatic carbocycles. The number of carbonyl (C=O) groups excluding carboxylic acids is 1. The normalized spacial score (nSPS) is 15.2. The number of methoxy groups -OCH3 is 1. The quantitative estimate of drug-likeness (QED) is 0.477. The smallest absolute Gasteiger partial charge is 0.243 e. The number of rotatable bonds is 8. The Morgan fingerprint density at radius 2 is 1.87 bits per heavy atom. The lowest BCUT2D eigenvalue weighted by Crippen LogP contribution is -2.41. The summed E-state index contributed by atoms with van der Waals surface area (Å²) >= 11 is 1.53. The lowest BCUT2D eigenvalue weighted by Gasteiger charge is -2.30. The average Bonchev–Trinajstić information content (AvgIpc) is 2.80. The number of piperidine rings is 1. The second-order valence-corrected chi connectivity index (χ2v) is 10.2. The van der Waals surface area contributed by atoms with E-state index in [0.29, 0.717) is 43.9 Å². The molecular weight excluding hydrogens is 434 g/mol. The Labute approximate surface area is 187 Å². The van der Waals surface area contributed by atoms with E-state index in [1.165, 1.54) is 35.3 Å². The first-order valence-electron chi connectivity index (χ1n) is 9.99. The number of nitrogens with zero attached hydrogens (tertiary/aromatic N) is 2. The van der Waals surface area contributed by atoms with Gasteiger partial charge in [0.2, 0.25) is 15.9 Å². The highest BCUT2D eigenvalue weighted by Gasteiger charge is 2.32. The van der Waals surface area contributed by atoms with Crippen LogP contribution in [0.5, 0.6) is 5.75 Å². The zero-order valence-corrected chi connectivity index (χ0v) is 18.9. The molecule has 2 aromatic rings. The predicted octanol–water partition coefficient (Wildman–Crippen LogP) is 3.74. The molecule has 0 radical (unpaired) electrons. The summed E-state index contributed by atoms with van der Waals surface area (Å²) in [5, 5.41) is 11.7. The van der Waals surface area contributed by atoms with Crippen molar-refractivity contribution in [3.63, 3.8) is 0 Å². The lowest BCUT2D eigenvalue weighted by atomic mass is 9.97. The van der Waals surface area contributed by atoms with E-state index in [4.69, 9.17) is 10.00 Å². The van der Waals surface area contributed by atoms with Gasteiger partial charge in [-0.25, -0.2) is 8.42 Å². The summed E-state index contributed by atoms with van der Waals surface area (Å²) in [6, 6.07) is 15.9. The van der Waals surface area contributed by atoms with Crippen molar-refractivity contribution in [2.24, 2.45) is 5.92 Å². The Morgan fingerprint density at radius 1 is 1.19 bits per heavy atom. The van der Waals surface area contributed by atoms with Crippen molar-refractivity contribution in [2.75, 3.05) is 31.3 Å². The Balaban J connectivity index is 1.59. The van der Waals surface area contributed by atoms with Crippen LogP contribution in [0.15, 0.2) is 58.3 Å². The molecule has 0 aromatic heterocycles. The first-order chi connectivity index (χ1) is 15.0. The SMILES string of the molecule is COc1ccc(S(=O)(=O)N2CCC(C(=O)Nc3ccccc3SCCC#N)CC2)cc1. The standard InChI is InChI=1S/C22H25N3O4S2/c1-29-18-7-9-19(10-8-18)31(27,28)25-14-11-17(12-15-25)22(26)24-20-5-2-3-6-21(20)30-16-4-13-23/h2-3,5-10,17H,4,11-12,14-16H2,1H3,(H,24,26). The number of ether oxygens (including phenoxy) is 1. The molecule has 9 heteroatoms. The van der Waals surface area contributed by atoms with Crippen molar-refractivity contribution < 1.29 is 17.9 Å². The number of hydrogen-bond acceptors (Lipinski definition) is 6. The molecule has 1 N–H and O–H groups in total. The first kappa shape index (κ1) is 23.1. The van der Waals surface area contributed by atoms with Crippen molar-refractivity contribution in [2.45, 2.75) is 29.1 Å². The van der Waals surface area contributed by atoms with Gasteiger partial charge in [-0.1, -0.05) is 12.1 Å². The molecule has 1 aliphatic rings. The Kier molecular flexibility index (Phi) is 7.96. The minimum Gasteiger partial charge on any atom is -0.497 e. The zero-order valence-electron chi connectivity index (χ0n) is 17.3. The highest BCUT2D eigenvalue weighted by Crippen LogP contribution is 2.30. The van der Waals surface area contributed by atoms with E-state index >= 15 is 0 Å². The molecule has 1 fully saturated rings. The van der Waals surface area contributed by atoms with Crippen molar-refractivity contribution in [1.82, 2.24) is 4.31 Å². The van der Waals surface area contributed by atoms with Crippen LogP contribution in [0, 0.1) is 17.2 Å². The molecule has 1 aliphatic heterocycles. The molecule has 3 rings (SSSR count). The monoisotopic (exact) mass is 459 g/mol. The van der Waals surface area contributed by atoms with Gasteiger partial charge in [-0.05, 0) is 49.2 Å². The van der Waals surface area contributed by atoms with Crippen molar-refractivity contribution in [3.05, 3.63) is 48.5 Å². The van der Waals surface area contributed by atoms with E-state index in [-0.39, 0.29) is 16.7 Å². The van der Waals surface area contributed by atoms with Gasteiger partial charge >= 0.3 is 0 Å². The van der Waals surface area contributed by atoms with Gasteiger partial charge < -0.3 is 10.1 Å². The molecule has 31 heavy (non-hydrogen) atoms. The van der Waals surface area contributed by atoms with Crippen LogP contribution in [0.4, 0.5) is 5.69 Å². The van der Waals surface area contributed by atoms with E-state index in [9.17, 15) is 13.2 Å². The molecule has 0 saturated carbocycles. The number of nitriles is 1. The third kappa shape index (κ3) is 5.79. The zero-order chi connectivity index (χ0) is 22.3. The molecule has 0 bridgehead atoms. The molecule has 1 saturated heterocycles. The van der Waals surface area contributed by atoms with Gasteiger partial charge in [-0.3, -0.25) is 4.79 Å². The van der Waals surface area contributed by atoms with E-state index in [0.717, 1.165) is 10.6 Å². The van der Waals surface area contributed by atoms with Crippen LogP contribution < -0.4 is 10.1 Å². The maximum atomic E-state index is 12.9. The van der Waals surface area contributed by atoms with E-state index in [2.05, 4.69) is 11.4 Å². The second kappa shape index (κ2) is 10.7. The van der Waals surface area contributed by atoms with Crippen LogP contribution in [0.1, 0.15) is 19.3 Å². The molecule has 0 unspecified atom stereocenters. The Hall–Kier alpha value is -2.54. The molecule has 164 valence electrons. The third-order valence-corrected chi connectivity index (χ3v) is 8.13. The molecule has 1 amide bonds. The number of anilines is 1. The number of benzene rings is 2. The van der Waals surface area contributed by atoms with Crippen LogP contribution in [-0.2, 0) is 14.8 Å². The van der Waals surface area contributed by atoms with E-state index in [1.807, 2.05) is 24.3 Å². The minimum absolute atomic E-state index is 0.102. The van der Waals surface area contributed by atoms with Gasteiger partial charge in [0.05, 0.1) is 23.8 Å². The fourth-order valence-electron chi connectivity index (χ4n) is 3.39. The summed E-state index contributed by atoms with van der Waals surface area (Å²) in [7, 11) is -2.07. The number of para-hydroxylation sites is 1. The summed E-state index contributed by atoms with van der Waals surface area (Å²) in [6.45, 7) is 0.593. The van der Waals surface area contributed by atoms with Gasteiger partial charge in [-0.15, -0.1) is 11.8 Å². The summed E-state index contributed by atoms with van der Waals surface area (Å²) < 4.78 is 32.3. The average molecular weight is 460 g/mol. The van der Waals surface area contributed by atoms with Crippen LogP contribution in [-0.4, -0.2) is 44.6 Å². The van der Waals surface area contributed by atoms with Gasteiger partial charge in [0.1, 0.15) is 5.75 Å². The fourth-order valence-corrected chi connectivity index (χ4v) is 5.72. The van der Waals surface area contributed by atoms with Crippen LogP contribution in [0.2, 0.25) is 0 Å². The minimum atomic E-state index is -3.60. The maximum Gasteiger partial charge on any atom is 0.243 e. The van der Waals surface area contributed by atoms with Crippen LogP contribution >= 0.6 is 11.8 Å². The Morgan fingerprint density at radius 3 is 2.52 bits per heavy atom. The van der Waals surface area contributed by atoms with Gasteiger partial charge in [-0.2, -0.15) is 9.57 Å². The van der Waals surface area contributed by atoms with Crippen LogP contribution in [0.3, 0.4) is 0 Å². The van der Waals surface area contributed by atoms with Crippen LogP contribution in [0.25, 0.3) is 0 Å². The number of thioether (sulfide) groups is 1. The molecule has 0 aliphatic carbocycles. The number of amides is 1. The summed E-state index contributed by atoms with van der Waals surface area (Å²) in [4.78, 5) is 13.9. The van der Waals surface area contributed by atoms with Gasteiger partial charge in [0.15, 0.2) is 0 Å². The number of nitrogens with one attached hydrogen (secondary N) is 1. The second-order valence-electron chi connectivity index (χ2n) is 7.10. The van der Waals surface area contributed by atoms with E-state index in [1.54, 1.807) is 12.1 Å². The van der Waals surface area contributed by atoms with Gasteiger partial charge in [0.25, 0.3) is 0 Å². The van der Waals surface area contributed by atoms with Crippen molar-refractivity contribution in [3.8, 4) is 11.8 Å². The van der Waals surface area contributed by atoms with Crippen molar-refractivity contribution >= 4 is 33.4 Å². The third-order valence-electron chi connectivity index (χ3n) is 5.14. The number of hydrogen-bond donors (Lipinski definition) is 1. The molecule has 7 nitrogen and oxygen atoms in total. The predicted molar refractivity (Wildman–Crippen MR) is 121 cm³/mol. The number of carbonyl (C=O) groups is 1. The largest absolute Gasteiger partial charge is 0.497 e. The summed E-state index contributed by atoms with van der Waals surface area (Å²) in [6.07, 6.45) is 1.37. The summed E-state index contributed by atoms with van der Waals surface area (Å²) in [5.74, 6) is 0.903. The maximum absolute atomic E-state index is 12.9. The van der Waals surface area contributed by atoms with Crippen molar-refractivity contribution in [1.29, 1.82) is 5.26 Å². The highest BCUT2D eigenvalue weighted by molar-refractivity contribution is 7.99. The molecular formula is C22H25N3O4S2. The lowest BCUT2D eigenvalue weighted by molar-refractivity contribution is -0.120.